The van der Waals surface area contributed by atoms with Gasteiger partial charge in [0.05, 0.1) is 13.3 Å². The van der Waals surface area contributed by atoms with Crippen molar-refractivity contribution in [2.45, 2.75) is 25.6 Å². The molecule has 1 aliphatic heterocycles. The van der Waals surface area contributed by atoms with Crippen LogP contribution in [0.4, 0.5) is 0 Å². The van der Waals surface area contributed by atoms with E-state index < -0.39 is 0 Å². The predicted octanol–water partition coefficient (Wildman–Crippen LogP) is 3.01. The molecule has 0 aliphatic carbocycles. The fourth-order valence-electron chi connectivity index (χ4n) is 3.99. The molecule has 2 aromatic heterocycles. The maximum atomic E-state index is 9.55. The van der Waals surface area contributed by atoms with Crippen LogP contribution in [0, 0.1) is 0 Å². The van der Waals surface area contributed by atoms with Gasteiger partial charge in [-0.05, 0) is 30.0 Å². The second-order valence-corrected chi connectivity index (χ2v) is 8.45. The molecule has 6 nitrogen and oxygen atoms in total. The summed E-state index contributed by atoms with van der Waals surface area (Å²) >= 11 is 1.80. The first kappa shape index (κ1) is 20.1. The Morgan fingerprint density at radius 3 is 2.86 bits per heavy atom. The van der Waals surface area contributed by atoms with Crippen LogP contribution >= 0.6 is 11.3 Å². The number of para-hydroxylation sites is 2. The topological polar surface area (TPSA) is 53.8 Å². The molecule has 0 saturated carbocycles. The zero-order valence-corrected chi connectivity index (χ0v) is 17.6. The number of rotatable bonds is 8. The van der Waals surface area contributed by atoms with E-state index in [2.05, 4.69) is 38.6 Å². The number of hydrogen-bond donors (Lipinski definition) is 1. The molecule has 1 aromatic carbocycles. The Balaban J connectivity index is 1.40. The van der Waals surface area contributed by atoms with Gasteiger partial charge in [0.2, 0.25) is 0 Å². The number of nitrogens with zero attached hydrogens (tertiary/aromatic N) is 4. The van der Waals surface area contributed by atoms with Gasteiger partial charge in [-0.1, -0.05) is 18.2 Å². The van der Waals surface area contributed by atoms with Crippen molar-refractivity contribution in [3.8, 4) is 11.4 Å². The van der Waals surface area contributed by atoms with Gasteiger partial charge >= 0.3 is 0 Å². The summed E-state index contributed by atoms with van der Waals surface area (Å²) in [6, 6.07) is 12.6. The molecule has 29 heavy (non-hydrogen) atoms. The zero-order valence-electron chi connectivity index (χ0n) is 16.8. The smallest absolute Gasteiger partial charge is 0.144 e. The molecular formula is C22H28N4O2S. The molecule has 0 amide bonds. The Morgan fingerprint density at radius 2 is 2.07 bits per heavy atom. The Bertz CT molecular complexity index is 896. The van der Waals surface area contributed by atoms with Gasteiger partial charge in [0.1, 0.15) is 11.4 Å². The average molecular weight is 413 g/mol. The third kappa shape index (κ3) is 4.87. The summed E-state index contributed by atoms with van der Waals surface area (Å²) in [7, 11) is 1.68. The minimum atomic E-state index is 0.227. The molecule has 1 saturated heterocycles. The second kappa shape index (κ2) is 9.54. The molecule has 3 heterocycles. The van der Waals surface area contributed by atoms with E-state index in [9.17, 15) is 5.11 Å². The number of benzene rings is 1. The summed E-state index contributed by atoms with van der Waals surface area (Å²) in [6.07, 6.45) is 4.82. The van der Waals surface area contributed by atoms with E-state index >= 15 is 0 Å². The molecule has 1 aliphatic rings. The van der Waals surface area contributed by atoms with Gasteiger partial charge in [-0.15, -0.1) is 11.3 Å². The van der Waals surface area contributed by atoms with Crippen LogP contribution in [0.3, 0.4) is 0 Å². The quantitative estimate of drug-likeness (QED) is 0.616. The molecule has 154 valence electrons. The van der Waals surface area contributed by atoms with Gasteiger partial charge in [0.25, 0.3) is 0 Å². The molecule has 1 fully saturated rings. The maximum absolute atomic E-state index is 9.55. The van der Waals surface area contributed by atoms with Gasteiger partial charge in [-0.3, -0.25) is 9.80 Å². The van der Waals surface area contributed by atoms with Gasteiger partial charge in [-0.25, -0.2) is 4.68 Å². The van der Waals surface area contributed by atoms with E-state index in [1.807, 2.05) is 35.1 Å². The van der Waals surface area contributed by atoms with Crippen molar-refractivity contribution in [1.29, 1.82) is 0 Å². The van der Waals surface area contributed by atoms with Crippen molar-refractivity contribution in [2.75, 3.05) is 33.4 Å². The lowest BCUT2D eigenvalue weighted by Gasteiger charge is -2.41. The number of ether oxygens (including phenoxy) is 1. The summed E-state index contributed by atoms with van der Waals surface area (Å²) in [5, 5.41) is 16.2. The van der Waals surface area contributed by atoms with Gasteiger partial charge < -0.3 is 9.84 Å². The molecule has 4 rings (SSSR count). The summed E-state index contributed by atoms with van der Waals surface area (Å²) in [4.78, 5) is 6.37. The Hall–Kier alpha value is -2.19. The van der Waals surface area contributed by atoms with E-state index in [0.29, 0.717) is 6.04 Å². The monoisotopic (exact) mass is 412 g/mol. The highest BCUT2D eigenvalue weighted by Gasteiger charge is 2.27. The second-order valence-electron chi connectivity index (χ2n) is 7.42. The molecule has 1 N–H and O–H groups in total. The highest BCUT2D eigenvalue weighted by atomic mass is 32.1. The first-order valence-electron chi connectivity index (χ1n) is 10.0. The number of piperazine rings is 1. The Kier molecular flexibility index (Phi) is 6.61. The summed E-state index contributed by atoms with van der Waals surface area (Å²) in [5.41, 5.74) is 2.13. The maximum Gasteiger partial charge on any atom is 0.144 e. The molecule has 0 spiro atoms. The van der Waals surface area contributed by atoms with Crippen LogP contribution < -0.4 is 4.74 Å². The minimum absolute atomic E-state index is 0.227. The number of hydrogen-bond acceptors (Lipinski definition) is 6. The molecule has 1 atom stereocenters. The lowest BCUT2D eigenvalue weighted by molar-refractivity contribution is 0.0506. The first-order valence-corrected chi connectivity index (χ1v) is 10.9. The number of thiophene rings is 1. The molecular weight excluding hydrogens is 384 g/mol. The molecule has 3 aromatic rings. The normalized spacial score (nSPS) is 18.2. The third-order valence-corrected chi connectivity index (χ3v) is 6.33. The average Bonchev–Trinajstić information content (AvgIpc) is 3.42. The van der Waals surface area contributed by atoms with Crippen LogP contribution in [0.5, 0.6) is 5.75 Å². The molecule has 7 heteroatoms. The van der Waals surface area contributed by atoms with Crippen LogP contribution in [-0.4, -0.2) is 64.1 Å². The number of methoxy groups -OCH3 is 1. The molecule has 0 radical (unpaired) electrons. The summed E-state index contributed by atoms with van der Waals surface area (Å²) in [6.45, 7) is 5.07. The highest BCUT2D eigenvalue weighted by molar-refractivity contribution is 7.09. The number of aromatic nitrogens is 2. The van der Waals surface area contributed by atoms with Crippen LogP contribution in [0.1, 0.15) is 16.9 Å². The van der Waals surface area contributed by atoms with Crippen molar-refractivity contribution in [3.05, 3.63) is 64.6 Å². The Morgan fingerprint density at radius 1 is 1.17 bits per heavy atom. The van der Waals surface area contributed by atoms with Gasteiger partial charge in [0, 0.05) is 62.0 Å². The molecule has 0 unspecified atom stereocenters. The van der Waals surface area contributed by atoms with Crippen molar-refractivity contribution in [3.63, 3.8) is 0 Å². The largest absolute Gasteiger partial charge is 0.494 e. The first-order chi connectivity index (χ1) is 14.3. The lowest BCUT2D eigenvalue weighted by Crippen LogP contribution is -2.52. The SMILES string of the molecule is COc1ccccc1-n1cc(CN2CCN(Cc3cccs3)[C@H](CCO)C2)cn1. The molecule has 0 bridgehead atoms. The lowest BCUT2D eigenvalue weighted by atomic mass is 10.1. The van der Waals surface area contributed by atoms with E-state index in [1.165, 1.54) is 10.4 Å². The fraction of sp³-hybridized carbons (Fsp3) is 0.409. The van der Waals surface area contributed by atoms with Crippen LogP contribution in [0.2, 0.25) is 0 Å². The zero-order chi connectivity index (χ0) is 20.1. The number of aliphatic hydroxyl groups is 1. The van der Waals surface area contributed by atoms with Crippen LogP contribution in [0.25, 0.3) is 5.69 Å². The Labute approximate surface area is 175 Å². The van der Waals surface area contributed by atoms with E-state index in [-0.39, 0.29) is 6.61 Å². The van der Waals surface area contributed by atoms with E-state index in [4.69, 9.17) is 4.74 Å². The minimum Gasteiger partial charge on any atom is -0.494 e. The fourth-order valence-corrected chi connectivity index (χ4v) is 4.71. The van der Waals surface area contributed by atoms with E-state index in [1.54, 1.807) is 18.4 Å². The van der Waals surface area contributed by atoms with Gasteiger partial charge in [-0.2, -0.15) is 5.10 Å². The standard InChI is InChI=1S/C22H28N4O2S/c1-28-22-7-3-2-6-21(22)26-15-18(13-23-26)14-24-9-10-25(19(16-24)8-11-27)17-20-5-4-12-29-20/h2-7,12-13,15,19,27H,8-11,14,16-17H2,1H3/t19-/m1/s1. The van der Waals surface area contributed by atoms with Crippen molar-refractivity contribution >= 4 is 11.3 Å². The van der Waals surface area contributed by atoms with Crippen molar-refractivity contribution in [1.82, 2.24) is 19.6 Å². The third-order valence-electron chi connectivity index (χ3n) is 5.46. The van der Waals surface area contributed by atoms with Gasteiger partial charge in [0.15, 0.2) is 0 Å². The predicted molar refractivity (Wildman–Crippen MR) is 116 cm³/mol. The van der Waals surface area contributed by atoms with E-state index in [0.717, 1.165) is 50.6 Å². The van der Waals surface area contributed by atoms with Crippen LogP contribution in [0.15, 0.2) is 54.2 Å². The number of aliphatic hydroxyl groups excluding tert-OH is 1. The van der Waals surface area contributed by atoms with Crippen LogP contribution in [-0.2, 0) is 13.1 Å². The highest BCUT2D eigenvalue weighted by Crippen LogP contribution is 2.23. The van der Waals surface area contributed by atoms with Crippen molar-refractivity contribution < 1.29 is 9.84 Å². The summed E-state index contributed by atoms with van der Waals surface area (Å²) in [5.74, 6) is 0.812. The summed E-state index contributed by atoms with van der Waals surface area (Å²) < 4.78 is 7.34. The van der Waals surface area contributed by atoms with Crippen molar-refractivity contribution in [2.24, 2.45) is 0 Å².